The molecule has 126 valence electrons. The quantitative estimate of drug-likeness (QED) is 0.815. The minimum Gasteiger partial charge on any atom is -0.497 e. The number of hydrogen-bond acceptors (Lipinski definition) is 4. The Kier molecular flexibility index (Phi) is 5.89. The highest BCUT2D eigenvalue weighted by molar-refractivity contribution is 5.95. The number of carboxylic acid groups (broad SMARTS) is 1. The van der Waals surface area contributed by atoms with E-state index in [1.54, 1.807) is 7.11 Å². The lowest BCUT2D eigenvalue weighted by atomic mass is 10.1. The van der Waals surface area contributed by atoms with Gasteiger partial charge in [-0.05, 0) is 49.6 Å². The largest absolute Gasteiger partial charge is 0.497 e. The van der Waals surface area contributed by atoms with E-state index in [4.69, 9.17) is 9.84 Å². The van der Waals surface area contributed by atoms with Gasteiger partial charge in [-0.1, -0.05) is 12.1 Å². The molecule has 0 aliphatic rings. The topological polar surface area (TPSA) is 88.5 Å². The Balaban J connectivity index is 1.89. The monoisotopic (exact) mass is 328 g/mol. The molecule has 0 bridgehead atoms. The predicted molar refractivity (Wildman–Crippen MR) is 89.4 cm³/mol. The average molecular weight is 328 g/mol. The van der Waals surface area contributed by atoms with Crippen molar-refractivity contribution in [2.24, 2.45) is 0 Å². The molecule has 1 aromatic carbocycles. The van der Waals surface area contributed by atoms with Gasteiger partial charge in [0.05, 0.1) is 12.7 Å². The maximum Gasteiger partial charge on any atom is 0.335 e. The summed E-state index contributed by atoms with van der Waals surface area (Å²) in [6.45, 7) is 1.91. The van der Waals surface area contributed by atoms with E-state index in [9.17, 15) is 9.59 Å². The molecule has 0 aliphatic carbocycles. The van der Waals surface area contributed by atoms with Crippen LogP contribution in [0.4, 0.5) is 0 Å². The van der Waals surface area contributed by atoms with E-state index in [0.29, 0.717) is 0 Å². The third-order valence-corrected chi connectivity index (χ3v) is 3.64. The van der Waals surface area contributed by atoms with Gasteiger partial charge in [0.25, 0.3) is 5.91 Å². The Bertz CT molecular complexity index is 713. The summed E-state index contributed by atoms with van der Waals surface area (Å²) in [4.78, 5) is 27.0. The second-order valence-electron chi connectivity index (χ2n) is 5.50. The highest BCUT2D eigenvalue weighted by atomic mass is 16.5. The molecule has 6 nitrogen and oxygen atoms in total. The fraction of sp³-hybridized carbons (Fsp3) is 0.278. The summed E-state index contributed by atoms with van der Waals surface area (Å²) in [5, 5.41) is 11.8. The number of rotatable bonds is 7. The molecule has 1 amide bonds. The Morgan fingerprint density at radius 3 is 2.58 bits per heavy atom. The number of ether oxygens (including phenoxy) is 1. The van der Waals surface area contributed by atoms with Crippen molar-refractivity contribution < 1.29 is 19.4 Å². The van der Waals surface area contributed by atoms with Gasteiger partial charge in [0.15, 0.2) is 0 Å². The molecule has 0 spiro atoms. The summed E-state index contributed by atoms with van der Waals surface area (Å²) >= 11 is 0. The molecule has 1 aromatic heterocycles. The number of benzene rings is 1. The Hall–Kier alpha value is -2.89. The Morgan fingerprint density at radius 1 is 1.25 bits per heavy atom. The van der Waals surface area contributed by atoms with E-state index in [1.807, 2.05) is 31.2 Å². The molecule has 1 atom stereocenters. The van der Waals surface area contributed by atoms with Gasteiger partial charge < -0.3 is 15.2 Å². The van der Waals surface area contributed by atoms with Crippen molar-refractivity contribution in [1.29, 1.82) is 0 Å². The molecule has 2 aromatic rings. The smallest absolute Gasteiger partial charge is 0.335 e. The fourth-order valence-electron chi connectivity index (χ4n) is 2.23. The third-order valence-electron chi connectivity index (χ3n) is 3.64. The lowest BCUT2D eigenvalue weighted by Crippen LogP contribution is -2.33. The maximum atomic E-state index is 12.1. The predicted octanol–water partition coefficient (Wildman–Crippen LogP) is 2.54. The minimum atomic E-state index is -1.08. The summed E-state index contributed by atoms with van der Waals surface area (Å²) in [5.41, 5.74) is 1.30. The average Bonchev–Trinajstić information content (AvgIpc) is 2.60. The number of aromatic carboxylic acids is 1. The van der Waals surface area contributed by atoms with Crippen LogP contribution < -0.4 is 10.1 Å². The van der Waals surface area contributed by atoms with Crippen molar-refractivity contribution in [2.45, 2.75) is 25.8 Å². The first-order valence-corrected chi connectivity index (χ1v) is 7.62. The van der Waals surface area contributed by atoms with Gasteiger partial charge in [-0.15, -0.1) is 0 Å². The van der Waals surface area contributed by atoms with Crippen molar-refractivity contribution in [3.8, 4) is 5.75 Å². The molecule has 1 heterocycles. The second kappa shape index (κ2) is 8.10. The van der Waals surface area contributed by atoms with Crippen molar-refractivity contribution >= 4 is 11.9 Å². The maximum absolute atomic E-state index is 12.1. The van der Waals surface area contributed by atoms with Crippen LogP contribution in [0.15, 0.2) is 42.6 Å². The highest BCUT2D eigenvalue weighted by Crippen LogP contribution is 2.13. The van der Waals surface area contributed by atoms with Crippen LogP contribution in [0.5, 0.6) is 5.75 Å². The number of amides is 1. The van der Waals surface area contributed by atoms with E-state index >= 15 is 0 Å². The zero-order valence-electron chi connectivity index (χ0n) is 13.7. The third kappa shape index (κ3) is 4.81. The molecular weight excluding hydrogens is 308 g/mol. The molecule has 24 heavy (non-hydrogen) atoms. The molecule has 0 aliphatic heterocycles. The van der Waals surface area contributed by atoms with Crippen LogP contribution in [0, 0.1) is 0 Å². The van der Waals surface area contributed by atoms with Gasteiger partial charge in [-0.3, -0.25) is 9.78 Å². The number of methoxy groups -OCH3 is 1. The number of pyridine rings is 1. The zero-order valence-corrected chi connectivity index (χ0v) is 13.7. The molecule has 6 heteroatoms. The summed E-state index contributed by atoms with van der Waals surface area (Å²) < 4.78 is 5.12. The van der Waals surface area contributed by atoms with Crippen LogP contribution >= 0.6 is 0 Å². The molecule has 0 fully saturated rings. The van der Waals surface area contributed by atoms with Crippen molar-refractivity contribution in [3.05, 3.63) is 59.4 Å². The second-order valence-corrected chi connectivity index (χ2v) is 5.50. The van der Waals surface area contributed by atoms with E-state index in [2.05, 4.69) is 10.3 Å². The van der Waals surface area contributed by atoms with Crippen molar-refractivity contribution in [1.82, 2.24) is 10.3 Å². The number of carbonyl (C=O) groups excluding carboxylic acids is 1. The van der Waals surface area contributed by atoms with Crippen LogP contribution in [-0.2, 0) is 6.42 Å². The van der Waals surface area contributed by atoms with E-state index in [0.717, 1.165) is 24.2 Å². The molecular formula is C18H20N2O4. The van der Waals surface area contributed by atoms with Gasteiger partial charge in [0.1, 0.15) is 11.4 Å². The van der Waals surface area contributed by atoms with Gasteiger partial charge >= 0.3 is 5.97 Å². The van der Waals surface area contributed by atoms with Gasteiger partial charge in [0.2, 0.25) is 0 Å². The summed E-state index contributed by atoms with van der Waals surface area (Å²) in [6, 6.07) is 10.4. The molecule has 2 rings (SSSR count). The molecule has 0 saturated carbocycles. The zero-order chi connectivity index (χ0) is 17.5. The summed E-state index contributed by atoms with van der Waals surface area (Å²) in [5.74, 6) is -0.649. The fourth-order valence-corrected chi connectivity index (χ4v) is 2.23. The standard InChI is InChI=1S/C18H20N2O4/c1-12(3-4-13-5-7-15(24-2)8-6-13)20-17(21)16-11-14(18(22)23)9-10-19-16/h5-12H,3-4H2,1-2H3,(H,20,21)(H,22,23). The number of nitrogens with zero attached hydrogens (tertiary/aromatic N) is 1. The van der Waals surface area contributed by atoms with E-state index < -0.39 is 5.97 Å². The first-order valence-electron chi connectivity index (χ1n) is 7.62. The number of carboxylic acids is 1. The summed E-state index contributed by atoms with van der Waals surface area (Å²) in [7, 11) is 1.62. The van der Waals surface area contributed by atoms with E-state index in [1.165, 1.54) is 18.3 Å². The molecule has 0 saturated heterocycles. The van der Waals surface area contributed by atoms with Crippen molar-refractivity contribution in [2.75, 3.05) is 7.11 Å². The SMILES string of the molecule is COc1ccc(CCC(C)NC(=O)c2cc(C(=O)O)ccn2)cc1. The number of carbonyl (C=O) groups is 2. The molecule has 1 unspecified atom stereocenters. The van der Waals surface area contributed by atoms with Crippen LogP contribution in [0.1, 0.15) is 39.8 Å². The van der Waals surface area contributed by atoms with Gasteiger partial charge in [-0.2, -0.15) is 0 Å². The number of hydrogen-bond donors (Lipinski definition) is 2. The lowest BCUT2D eigenvalue weighted by Gasteiger charge is -2.14. The van der Waals surface area contributed by atoms with Crippen LogP contribution in [0.3, 0.4) is 0 Å². The first-order chi connectivity index (χ1) is 11.5. The highest BCUT2D eigenvalue weighted by Gasteiger charge is 2.13. The van der Waals surface area contributed by atoms with Crippen LogP contribution in [-0.4, -0.2) is 35.1 Å². The summed E-state index contributed by atoms with van der Waals surface area (Å²) in [6.07, 6.45) is 2.89. The Morgan fingerprint density at radius 2 is 1.96 bits per heavy atom. The number of aromatic nitrogens is 1. The van der Waals surface area contributed by atoms with E-state index in [-0.39, 0.29) is 23.2 Å². The van der Waals surface area contributed by atoms with Gasteiger partial charge in [-0.25, -0.2) is 4.79 Å². The minimum absolute atomic E-state index is 0.0426. The molecule has 0 radical (unpaired) electrons. The number of aryl methyl sites for hydroxylation is 1. The number of nitrogens with one attached hydrogen (secondary N) is 1. The van der Waals surface area contributed by atoms with Crippen LogP contribution in [0.2, 0.25) is 0 Å². The Labute approximate surface area is 140 Å². The van der Waals surface area contributed by atoms with Gasteiger partial charge in [0, 0.05) is 12.2 Å². The normalized spacial score (nSPS) is 11.6. The first kappa shape index (κ1) is 17.5. The lowest BCUT2D eigenvalue weighted by molar-refractivity contribution is 0.0696. The molecule has 2 N–H and O–H groups in total. The van der Waals surface area contributed by atoms with Crippen LogP contribution in [0.25, 0.3) is 0 Å². The van der Waals surface area contributed by atoms with Crippen molar-refractivity contribution in [3.63, 3.8) is 0 Å².